The Bertz CT molecular complexity index is 302. The van der Waals surface area contributed by atoms with Gasteiger partial charge in [0.25, 0.3) is 0 Å². The molecule has 0 amide bonds. The maximum absolute atomic E-state index is 11.0. The molecule has 0 aliphatic carbocycles. The average Bonchev–Trinajstić information content (AvgIpc) is 2.17. The molecule has 0 aliphatic rings. The van der Waals surface area contributed by atoms with Crippen LogP contribution >= 0.6 is 35.0 Å². The predicted octanol–water partition coefficient (Wildman–Crippen LogP) is 1.89. The molecule has 0 spiro atoms. The minimum atomic E-state index is -0.679. The highest BCUT2D eigenvalue weighted by atomic mass is 127. The van der Waals surface area contributed by atoms with E-state index >= 15 is 0 Å². The van der Waals surface area contributed by atoms with Gasteiger partial charge in [0.1, 0.15) is 6.04 Å². The molecule has 0 saturated carbocycles. The number of halogens is 2. The molecule has 1 atom stereocenters. The maximum Gasteiger partial charge on any atom is 0.327 e. The lowest BCUT2D eigenvalue weighted by Crippen LogP contribution is -2.22. The third kappa shape index (κ3) is 3.43. The van der Waals surface area contributed by atoms with Crippen LogP contribution in [-0.4, -0.2) is 13.1 Å². The number of nitrogens with two attached hydrogens (primary N) is 1. The fraction of sp³-hybridized carbons (Fsp3) is 0.222. The lowest BCUT2D eigenvalue weighted by molar-refractivity contribution is -0.142. The zero-order valence-electron chi connectivity index (χ0n) is 7.57. The van der Waals surface area contributed by atoms with E-state index in [0.29, 0.717) is 0 Å². The molecule has 5 heteroatoms. The van der Waals surface area contributed by atoms with Crippen LogP contribution in [0.2, 0.25) is 0 Å². The summed E-state index contributed by atoms with van der Waals surface area (Å²) in [7, 11) is 1.33. The molecule has 0 heterocycles. The van der Waals surface area contributed by atoms with E-state index in [1.54, 1.807) is 0 Å². The molecular formula is C9H11ClINO2. The van der Waals surface area contributed by atoms with E-state index in [9.17, 15) is 4.79 Å². The van der Waals surface area contributed by atoms with Crippen molar-refractivity contribution in [3.8, 4) is 0 Å². The van der Waals surface area contributed by atoms with Gasteiger partial charge in [0.2, 0.25) is 0 Å². The number of esters is 1. The van der Waals surface area contributed by atoms with Gasteiger partial charge in [0.05, 0.1) is 7.11 Å². The molecule has 1 rings (SSSR count). The van der Waals surface area contributed by atoms with E-state index in [4.69, 9.17) is 5.73 Å². The third-order valence-electron chi connectivity index (χ3n) is 1.68. The van der Waals surface area contributed by atoms with Crippen LogP contribution < -0.4 is 5.73 Å². The lowest BCUT2D eigenvalue weighted by Gasteiger charge is -2.08. The molecule has 0 unspecified atom stereocenters. The van der Waals surface area contributed by atoms with Crippen molar-refractivity contribution in [2.24, 2.45) is 5.73 Å². The summed E-state index contributed by atoms with van der Waals surface area (Å²) in [4.78, 5) is 11.0. The molecule has 0 aliphatic heterocycles. The van der Waals surface area contributed by atoms with Crippen molar-refractivity contribution in [1.82, 2.24) is 0 Å². The maximum atomic E-state index is 11.0. The normalized spacial score (nSPS) is 11.4. The Morgan fingerprint density at radius 3 is 2.36 bits per heavy atom. The Labute approximate surface area is 103 Å². The summed E-state index contributed by atoms with van der Waals surface area (Å²) >= 11 is 2.19. The van der Waals surface area contributed by atoms with Gasteiger partial charge in [-0.1, -0.05) is 12.1 Å². The first kappa shape index (κ1) is 13.7. The van der Waals surface area contributed by atoms with Gasteiger partial charge in [0.15, 0.2) is 0 Å². The molecule has 0 bridgehead atoms. The molecule has 14 heavy (non-hydrogen) atoms. The van der Waals surface area contributed by atoms with Crippen molar-refractivity contribution < 1.29 is 9.53 Å². The summed E-state index contributed by atoms with van der Waals surface area (Å²) in [5.41, 5.74) is 6.39. The molecule has 0 saturated heterocycles. The number of hydrogen-bond acceptors (Lipinski definition) is 3. The zero-order valence-corrected chi connectivity index (χ0v) is 10.5. The molecule has 78 valence electrons. The monoisotopic (exact) mass is 327 g/mol. The van der Waals surface area contributed by atoms with Gasteiger partial charge in [-0.3, -0.25) is 4.79 Å². The largest absolute Gasteiger partial charge is 0.468 e. The van der Waals surface area contributed by atoms with Crippen molar-refractivity contribution in [3.63, 3.8) is 0 Å². The van der Waals surface area contributed by atoms with E-state index in [-0.39, 0.29) is 12.4 Å². The van der Waals surface area contributed by atoms with Crippen molar-refractivity contribution in [2.45, 2.75) is 6.04 Å². The molecule has 1 aromatic carbocycles. The van der Waals surface area contributed by atoms with Crippen LogP contribution in [0.4, 0.5) is 0 Å². The predicted molar refractivity (Wildman–Crippen MR) is 65.4 cm³/mol. The van der Waals surface area contributed by atoms with Crippen LogP contribution in [-0.2, 0) is 9.53 Å². The Hall–Kier alpha value is -0.330. The number of benzene rings is 1. The van der Waals surface area contributed by atoms with E-state index in [0.717, 1.165) is 9.13 Å². The van der Waals surface area contributed by atoms with E-state index < -0.39 is 12.0 Å². The number of carbonyl (C=O) groups excluding carboxylic acids is 1. The lowest BCUT2D eigenvalue weighted by atomic mass is 10.1. The van der Waals surface area contributed by atoms with Crippen molar-refractivity contribution in [3.05, 3.63) is 33.4 Å². The van der Waals surface area contributed by atoms with Crippen LogP contribution in [0.5, 0.6) is 0 Å². The number of carbonyl (C=O) groups is 1. The zero-order chi connectivity index (χ0) is 9.84. The highest BCUT2D eigenvalue weighted by molar-refractivity contribution is 14.1. The van der Waals surface area contributed by atoms with Crippen molar-refractivity contribution >= 4 is 41.0 Å². The first-order chi connectivity index (χ1) is 6.15. The van der Waals surface area contributed by atoms with Gasteiger partial charge >= 0.3 is 5.97 Å². The number of hydrogen-bond donors (Lipinski definition) is 1. The van der Waals surface area contributed by atoms with Crippen LogP contribution in [0.15, 0.2) is 24.3 Å². The fourth-order valence-corrected chi connectivity index (χ4v) is 1.29. The van der Waals surface area contributed by atoms with Gasteiger partial charge < -0.3 is 10.5 Å². The molecule has 2 N–H and O–H groups in total. The van der Waals surface area contributed by atoms with E-state index in [1.807, 2.05) is 24.3 Å². The molecule has 0 fully saturated rings. The Kier molecular flexibility index (Phi) is 6.06. The first-order valence-corrected chi connectivity index (χ1v) is 4.82. The van der Waals surface area contributed by atoms with Gasteiger partial charge in [-0.2, -0.15) is 0 Å². The topological polar surface area (TPSA) is 52.3 Å². The Morgan fingerprint density at radius 1 is 1.43 bits per heavy atom. The highest BCUT2D eigenvalue weighted by Gasteiger charge is 2.15. The average molecular weight is 328 g/mol. The number of rotatable bonds is 2. The first-order valence-electron chi connectivity index (χ1n) is 3.74. The van der Waals surface area contributed by atoms with Crippen LogP contribution in [0, 0.1) is 3.57 Å². The summed E-state index contributed by atoms with van der Waals surface area (Å²) < 4.78 is 5.64. The summed E-state index contributed by atoms with van der Waals surface area (Å²) in [6.45, 7) is 0. The second kappa shape index (κ2) is 6.21. The van der Waals surface area contributed by atoms with Crippen LogP contribution in [0.3, 0.4) is 0 Å². The van der Waals surface area contributed by atoms with Gasteiger partial charge in [-0.25, -0.2) is 0 Å². The van der Waals surface area contributed by atoms with Crippen molar-refractivity contribution in [1.29, 1.82) is 0 Å². The highest BCUT2D eigenvalue weighted by Crippen LogP contribution is 2.13. The summed E-state index contributed by atoms with van der Waals surface area (Å²) in [5.74, 6) is -0.416. The van der Waals surface area contributed by atoms with Crippen LogP contribution in [0.1, 0.15) is 11.6 Å². The Balaban J connectivity index is 0.00000169. The van der Waals surface area contributed by atoms with Gasteiger partial charge in [-0.15, -0.1) is 12.4 Å². The summed E-state index contributed by atoms with van der Waals surface area (Å²) in [6, 6.07) is 6.77. The van der Waals surface area contributed by atoms with Crippen molar-refractivity contribution in [2.75, 3.05) is 7.11 Å². The Morgan fingerprint density at radius 2 is 1.93 bits per heavy atom. The molecule has 1 aromatic rings. The smallest absolute Gasteiger partial charge is 0.327 e. The SMILES string of the molecule is COC(=O)[C@H](N)c1ccc(I)cc1.Cl. The minimum absolute atomic E-state index is 0. The standard InChI is InChI=1S/C9H10INO2.ClH/c1-13-9(12)8(11)6-2-4-7(10)5-3-6;/h2-5,8H,11H2,1H3;1H/t8-;/m1./s1. The summed E-state index contributed by atoms with van der Waals surface area (Å²) in [6.07, 6.45) is 0. The van der Waals surface area contributed by atoms with Gasteiger partial charge in [-0.05, 0) is 40.3 Å². The molecular weight excluding hydrogens is 316 g/mol. The third-order valence-corrected chi connectivity index (χ3v) is 2.40. The molecule has 0 radical (unpaired) electrons. The quantitative estimate of drug-likeness (QED) is 0.666. The van der Waals surface area contributed by atoms with Gasteiger partial charge in [0, 0.05) is 3.57 Å². The number of ether oxygens (including phenoxy) is 1. The molecule has 0 aromatic heterocycles. The van der Waals surface area contributed by atoms with E-state index in [2.05, 4.69) is 27.3 Å². The molecule has 3 nitrogen and oxygen atoms in total. The minimum Gasteiger partial charge on any atom is -0.468 e. The second-order valence-electron chi connectivity index (χ2n) is 2.55. The fourth-order valence-electron chi connectivity index (χ4n) is 0.933. The van der Waals surface area contributed by atoms with E-state index in [1.165, 1.54) is 7.11 Å². The van der Waals surface area contributed by atoms with Crippen LogP contribution in [0.25, 0.3) is 0 Å². The second-order valence-corrected chi connectivity index (χ2v) is 3.80. The summed E-state index contributed by atoms with van der Waals surface area (Å²) in [5, 5.41) is 0. The number of methoxy groups -OCH3 is 1.